The average Bonchev–Trinajstić information content (AvgIpc) is 2.36. The number of anilines is 1. The topological polar surface area (TPSA) is 81.5 Å². The molecule has 0 radical (unpaired) electrons. The maximum absolute atomic E-state index is 10.9. The number of hydrogen-bond donors (Lipinski definition) is 1. The number of benzene rings is 1. The summed E-state index contributed by atoms with van der Waals surface area (Å²) in [5, 5.41) is 13.9. The highest BCUT2D eigenvalue weighted by atomic mass is 16.6. The number of ether oxygens (including phenoxy) is 1. The van der Waals surface area contributed by atoms with Crippen LogP contribution in [0.25, 0.3) is 0 Å². The predicted molar refractivity (Wildman–Crippen MR) is 68.0 cm³/mol. The Morgan fingerprint density at radius 1 is 1.56 bits per heavy atom. The number of nitro benzene ring substituents is 1. The summed E-state index contributed by atoms with van der Waals surface area (Å²) in [5.74, 6) is 0.236. The van der Waals surface area contributed by atoms with E-state index in [0.29, 0.717) is 25.1 Å². The lowest BCUT2D eigenvalue weighted by Crippen LogP contribution is -2.16. The second-order valence-corrected chi connectivity index (χ2v) is 4.09. The lowest BCUT2D eigenvalue weighted by Gasteiger charge is -2.12. The molecule has 1 rings (SSSR count). The van der Waals surface area contributed by atoms with Gasteiger partial charge >= 0.3 is 0 Å². The van der Waals surface area contributed by atoms with Crippen LogP contribution in [0.2, 0.25) is 0 Å². The van der Waals surface area contributed by atoms with Crippen molar-refractivity contribution < 1.29 is 14.5 Å². The molecule has 0 aromatic heterocycles. The molecule has 1 N–H and O–H groups in total. The third-order valence-corrected chi connectivity index (χ3v) is 2.45. The van der Waals surface area contributed by atoms with Crippen molar-refractivity contribution in [2.24, 2.45) is 5.92 Å². The fourth-order valence-electron chi connectivity index (χ4n) is 1.55. The molecule has 1 aromatic rings. The maximum Gasteiger partial charge on any atom is 0.293 e. The van der Waals surface area contributed by atoms with E-state index in [1.54, 1.807) is 19.2 Å². The van der Waals surface area contributed by atoms with Crippen LogP contribution in [-0.4, -0.2) is 31.5 Å². The Hall–Kier alpha value is -1.95. The van der Waals surface area contributed by atoms with Crippen LogP contribution in [0.5, 0.6) is 0 Å². The molecule has 0 aliphatic heterocycles. The first-order chi connectivity index (χ1) is 8.58. The molecule has 0 amide bonds. The van der Waals surface area contributed by atoms with Gasteiger partial charge in [-0.3, -0.25) is 14.9 Å². The van der Waals surface area contributed by atoms with E-state index < -0.39 is 4.92 Å². The molecule has 0 bridgehead atoms. The zero-order chi connectivity index (χ0) is 13.5. The number of aldehydes is 1. The van der Waals surface area contributed by atoms with Crippen LogP contribution in [0.4, 0.5) is 11.4 Å². The average molecular weight is 252 g/mol. The first kappa shape index (κ1) is 14.1. The van der Waals surface area contributed by atoms with Gasteiger partial charge in [-0.1, -0.05) is 6.92 Å². The fourth-order valence-corrected chi connectivity index (χ4v) is 1.55. The third kappa shape index (κ3) is 3.81. The van der Waals surface area contributed by atoms with E-state index in [1.807, 2.05) is 6.92 Å². The highest BCUT2D eigenvalue weighted by Gasteiger charge is 2.14. The third-order valence-electron chi connectivity index (χ3n) is 2.45. The highest BCUT2D eigenvalue weighted by molar-refractivity contribution is 5.79. The fraction of sp³-hybridized carbons (Fsp3) is 0.417. The second-order valence-electron chi connectivity index (χ2n) is 4.09. The van der Waals surface area contributed by atoms with E-state index in [-0.39, 0.29) is 17.2 Å². The molecular weight excluding hydrogens is 236 g/mol. The summed E-state index contributed by atoms with van der Waals surface area (Å²) in [7, 11) is 1.61. The van der Waals surface area contributed by atoms with Crippen LogP contribution in [0.3, 0.4) is 0 Å². The van der Waals surface area contributed by atoms with E-state index >= 15 is 0 Å². The minimum Gasteiger partial charge on any atom is -0.384 e. The number of nitrogens with one attached hydrogen (secondary N) is 1. The molecule has 18 heavy (non-hydrogen) atoms. The number of carbonyl (C=O) groups excluding carboxylic acids is 1. The van der Waals surface area contributed by atoms with Crippen molar-refractivity contribution in [3.63, 3.8) is 0 Å². The zero-order valence-electron chi connectivity index (χ0n) is 10.4. The molecule has 0 spiro atoms. The molecule has 6 heteroatoms. The van der Waals surface area contributed by atoms with E-state index in [9.17, 15) is 14.9 Å². The van der Waals surface area contributed by atoms with Crippen molar-refractivity contribution in [3.8, 4) is 0 Å². The highest BCUT2D eigenvalue weighted by Crippen LogP contribution is 2.25. The van der Waals surface area contributed by atoms with Gasteiger partial charge in [0.05, 0.1) is 11.5 Å². The quantitative estimate of drug-likeness (QED) is 0.456. The van der Waals surface area contributed by atoms with Gasteiger partial charge in [-0.25, -0.2) is 0 Å². The van der Waals surface area contributed by atoms with Gasteiger partial charge in [0.25, 0.3) is 5.69 Å². The second kappa shape index (κ2) is 6.70. The Balaban J connectivity index is 2.81. The van der Waals surface area contributed by atoms with Crippen LogP contribution in [-0.2, 0) is 4.74 Å². The molecule has 0 heterocycles. The van der Waals surface area contributed by atoms with Crippen LogP contribution >= 0.6 is 0 Å². The summed E-state index contributed by atoms with van der Waals surface area (Å²) in [6.07, 6.45) is 0.588. The van der Waals surface area contributed by atoms with Crippen molar-refractivity contribution in [2.45, 2.75) is 6.92 Å². The van der Waals surface area contributed by atoms with Gasteiger partial charge in [0, 0.05) is 25.3 Å². The Bertz CT molecular complexity index is 434. The summed E-state index contributed by atoms with van der Waals surface area (Å²) in [4.78, 5) is 21.0. The lowest BCUT2D eigenvalue weighted by molar-refractivity contribution is -0.384. The SMILES string of the molecule is COCC(C)CNc1ccc(C=O)cc1[N+](=O)[O-]. The van der Waals surface area contributed by atoms with Crippen molar-refractivity contribution in [2.75, 3.05) is 25.6 Å². The van der Waals surface area contributed by atoms with Gasteiger partial charge in [-0.05, 0) is 18.1 Å². The van der Waals surface area contributed by atoms with Gasteiger partial charge in [0.2, 0.25) is 0 Å². The largest absolute Gasteiger partial charge is 0.384 e. The maximum atomic E-state index is 10.9. The van der Waals surface area contributed by atoms with E-state index in [4.69, 9.17) is 4.74 Å². The number of carbonyl (C=O) groups is 1. The molecule has 1 atom stereocenters. The molecule has 0 aliphatic rings. The standard InChI is InChI=1S/C12H16N2O4/c1-9(8-18-2)6-13-11-4-3-10(7-15)5-12(11)14(16)17/h3-5,7,9,13H,6,8H2,1-2H3. The van der Waals surface area contributed by atoms with Gasteiger partial charge in [0.15, 0.2) is 0 Å². The zero-order valence-corrected chi connectivity index (χ0v) is 10.4. The van der Waals surface area contributed by atoms with Crippen LogP contribution < -0.4 is 5.32 Å². The Labute approximate surface area is 105 Å². The minimum atomic E-state index is -0.504. The molecule has 98 valence electrons. The lowest BCUT2D eigenvalue weighted by atomic mass is 10.1. The first-order valence-corrected chi connectivity index (χ1v) is 5.55. The summed E-state index contributed by atoms with van der Waals surface area (Å²) < 4.78 is 4.99. The summed E-state index contributed by atoms with van der Waals surface area (Å²) in [5.41, 5.74) is 0.606. The number of nitro groups is 1. The Morgan fingerprint density at radius 3 is 2.83 bits per heavy atom. The van der Waals surface area contributed by atoms with Crippen molar-refractivity contribution >= 4 is 17.7 Å². The van der Waals surface area contributed by atoms with Crippen molar-refractivity contribution in [1.29, 1.82) is 0 Å². The number of methoxy groups -OCH3 is 1. The Morgan fingerprint density at radius 2 is 2.28 bits per heavy atom. The van der Waals surface area contributed by atoms with Crippen molar-refractivity contribution in [1.82, 2.24) is 0 Å². The summed E-state index contributed by atoms with van der Waals surface area (Å²) in [6, 6.07) is 4.35. The summed E-state index contributed by atoms with van der Waals surface area (Å²) in [6.45, 7) is 3.12. The van der Waals surface area contributed by atoms with E-state index in [2.05, 4.69) is 5.32 Å². The molecule has 1 unspecified atom stereocenters. The van der Waals surface area contributed by atoms with E-state index in [1.165, 1.54) is 6.07 Å². The molecule has 0 fully saturated rings. The monoisotopic (exact) mass is 252 g/mol. The van der Waals surface area contributed by atoms with Gasteiger partial charge in [-0.15, -0.1) is 0 Å². The normalized spacial score (nSPS) is 11.9. The Kier molecular flexibility index (Phi) is 5.26. The number of rotatable bonds is 7. The predicted octanol–water partition coefficient (Wildman–Crippen LogP) is 2.10. The van der Waals surface area contributed by atoms with Crippen molar-refractivity contribution in [3.05, 3.63) is 33.9 Å². The molecule has 0 saturated carbocycles. The molecule has 0 aliphatic carbocycles. The first-order valence-electron chi connectivity index (χ1n) is 5.55. The summed E-state index contributed by atoms with van der Waals surface area (Å²) >= 11 is 0. The van der Waals surface area contributed by atoms with Gasteiger partial charge in [0.1, 0.15) is 12.0 Å². The molecule has 1 aromatic carbocycles. The smallest absolute Gasteiger partial charge is 0.293 e. The van der Waals surface area contributed by atoms with Crippen LogP contribution in [0.1, 0.15) is 17.3 Å². The molecule has 6 nitrogen and oxygen atoms in total. The molecular formula is C12H16N2O4. The minimum absolute atomic E-state index is 0.0933. The molecule has 0 saturated heterocycles. The van der Waals surface area contributed by atoms with Crippen LogP contribution in [0.15, 0.2) is 18.2 Å². The van der Waals surface area contributed by atoms with Gasteiger partial charge in [-0.2, -0.15) is 0 Å². The van der Waals surface area contributed by atoms with E-state index in [0.717, 1.165) is 0 Å². The van der Waals surface area contributed by atoms with Crippen LogP contribution in [0, 0.1) is 16.0 Å². The number of nitrogens with zero attached hydrogens (tertiary/aromatic N) is 1. The van der Waals surface area contributed by atoms with Gasteiger partial charge < -0.3 is 10.1 Å². The number of hydrogen-bond acceptors (Lipinski definition) is 5.